The second-order valence-corrected chi connectivity index (χ2v) is 5.15. The number of aliphatic hydroxyl groups is 4. The van der Waals surface area contributed by atoms with E-state index in [0.717, 1.165) is 12.1 Å². The molecule has 10 heteroatoms. The molecule has 6 N–H and O–H groups in total. The maximum Gasteiger partial charge on any atom is 0.340 e. The molecule has 134 valence electrons. The minimum atomic E-state index is -1.76. The van der Waals surface area contributed by atoms with Gasteiger partial charge in [0.25, 0.3) is 0 Å². The Kier molecular flexibility index (Phi) is 5.47. The molecule has 2 rings (SSSR count). The number of aromatic hydroxyl groups is 2. The number of benzene rings is 1. The number of rotatable bonds is 4. The Morgan fingerprint density at radius 1 is 1.12 bits per heavy atom. The molecule has 5 atom stereocenters. The third-order valence-corrected chi connectivity index (χ3v) is 3.56. The molecule has 24 heavy (non-hydrogen) atoms. The molecule has 1 aliphatic heterocycles. The van der Waals surface area contributed by atoms with Crippen LogP contribution in [0.25, 0.3) is 0 Å². The Balaban J connectivity index is 2.17. The summed E-state index contributed by atoms with van der Waals surface area (Å²) in [6.45, 7) is -0.677. The summed E-state index contributed by atoms with van der Waals surface area (Å²) in [6, 6.07) is 1.93. The van der Waals surface area contributed by atoms with Crippen LogP contribution in [0.3, 0.4) is 0 Å². The van der Waals surface area contributed by atoms with E-state index in [4.69, 9.17) is 19.3 Å². The topological polar surface area (TPSA) is 166 Å². The molecule has 1 aromatic rings. The number of phenols is 2. The maximum absolute atomic E-state index is 12.1. The van der Waals surface area contributed by atoms with Gasteiger partial charge in [-0.1, -0.05) is 0 Å². The van der Waals surface area contributed by atoms with E-state index in [2.05, 4.69) is 0 Å². The third-order valence-electron chi connectivity index (χ3n) is 3.56. The summed E-state index contributed by atoms with van der Waals surface area (Å²) in [5.41, 5.74) is -0.275. The van der Waals surface area contributed by atoms with Gasteiger partial charge in [-0.15, -0.1) is 0 Å². The monoisotopic (exact) mass is 346 g/mol. The van der Waals surface area contributed by atoms with Crippen LogP contribution in [0, 0.1) is 0 Å². The molecule has 0 aromatic heterocycles. The van der Waals surface area contributed by atoms with Gasteiger partial charge < -0.3 is 44.8 Å². The summed E-state index contributed by atoms with van der Waals surface area (Å²) < 4.78 is 14.6. The van der Waals surface area contributed by atoms with E-state index < -0.39 is 54.8 Å². The molecule has 0 amide bonds. The first-order valence-electron chi connectivity index (χ1n) is 6.91. The van der Waals surface area contributed by atoms with Gasteiger partial charge >= 0.3 is 5.97 Å². The van der Waals surface area contributed by atoms with Crippen molar-refractivity contribution in [1.82, 2.24) is 0 Å². The Labute approximate surface area is 136 Å². The molecular formula is C14H18O10. The Bertz CT molecular complexity index is 578. The van der Waals surface area contributed by atoms with Gasteiger partial charge in [0, 0.05) is 0 Å². The van der Waals surface area contributed by atoms with Crippen molar-refractivity contribution in [2.75, 3.05) is 13.7 Å². The van der Waals surface area contributed by atoms with Crippen LogP contribution in [0.4, 0.5) is 0 Å². The van der Waals surface area contributed by atoms with Crippen molar-refractivity contribution in [3.63, 3.8) is 0 Å². The molecule has 1 fully saturated rings. The number of carbonyl (C=O) groups excluding carboxylic acids is 1. The number of hydrogen-bond donors (Lipinski definition) is 6. The molecule has 1 aromatic carbocycles. The van der Waals surface area contributed by atoms with Crippen LogP contribution in [-0.2, 0) is 9.47 Å². The van der Waals surface area contributed by atoms with Crippen LogP contribution >= 0.6 is 0 Å². The molecule has 1 heterocycles. The lowest BCUT2D eigenvalue weighted by Crippen LogP contribution is -2.59. The molecule has 0 saturated carbocycles. The predicted octanol–water partition coefficient (Wildman–Crippen LogP) is -1.94. The van der Waals surface area contributed by atoms with Gasteiger partial charge in [0.05, 0.1) is 19.3 Å². The van der Waals surface area contributed by atoms with E-state index in [1.54, 1.807) is 0 Å². The minimum Gasteiger partial charge on any atom is -0.504 e. The van der Waals surface area contributed by atoms with Gasteiger partial charge in [0.15, 0.2) is 11.5 Å². The fraction of sp³-hybridized carbons (Fsp3) is 0.500. The Hall–Kier alpha value is -2.11. The second-order valence-electron chi connectivity index (χ2n) is 5.15. The van der Waals surface area contributed by atoms with Gasteiger partial charge in [0.1, 0.15) is 24.4 Å². The largest absolute Gasteiger partial charge is 0.504 e. The van der Waals surface area contributed by atoms with Gasteiger partial charge in [-0.2, -0.15) is 0 Å². The molecule has 1 saturated heterocycles. The van der Waals surface area contributed by atoms with E-state index in [9.17, 15) is 30.3 Å². The number of esters is 1. The maximum atomic E-state index is 12.1. The standard InChI is InChI=1S/C14H18O10/c1-22-12-6(16)2-5(3-7(12)17)13(21)24-14-11(20)10(19)9(18)8(4-15)23-14/h2-3,8-11,14-20H,4H2,1H3/t8-,9-,10+,11-,14?/m1/s1. The molecule has 1 unspecified atom stereocenters. The molecule has 0 bridgehead atoms. The molecule has 0 spiro atoms. The lowest BCUT2D eigenvalue weighted by atomic mass is 9.99. The number of phenolic OH excluding ortho intramolecular Hbond substituents is 2. The van der Waals surface area contributed by atoms with Crippen molar-refractivity contribution in [3.05, 3.63) is 17.7 Å². The molecule has 0 radical (unpaired) electrons. The molecular weight excluding hydrogens is 328 g/mol. The van der Waals surface area contributed by atoms with Crippen LogP contribution in [0.2, 0.25) is 0 Å². The number of carbonyl (C=O) groups is 1. The van der Waals surface area contributed by atoms with E-state index in [0.29, 0.717) is 0 Å². The van der Waals surface area contributed by atoms with Gasteiger partial charge in [-0.3, -0.25) is 0 Å². The number of methoxy groups -OCH3 is 1. The highest BCUT2D eigenvalue weighted by molar-refractivity contribution is 5.91. The average Bonchev–Trinajstić information content (AvgIpc) is 2.54. The SMILES string of the molecule is COc1c(O)cc(C(=O)OC2O[C@H](CO)[C@@H](O)[C@H](O)[C@H]2O)cc1O. The third kappa shape index (κ3) is 3.37. The smallest absolute Gasteiger partial charge is 0.340 e. The summed E-state index contributed by atoms with van der Waals surface area (Å²) in [4.78, 5) is 12.1. The second kappa shape index (κ2) is 7.20. The number of ether oxygens (including phenoxy) is 3. The van der Waals surface area contributed by atoms with Crippen molar-refractivity contribution in [1.29, 1.82) is 0 Å². The summed E-state index contributed by atoms with van der Waals surface area (Å²) >= 11 is 0. The van der Waals surface area contributed by atoms with E-state index in [1.807, 2.05) is 0 Å². The highest BCUT2D eigenvalue weighted by Gasteiger charge is 2.45. The lowest BCUT2D eigenvalue weighted by molar-refractivity contribution is -0.285. The van der Waals surface area contributed by atoms with Crippen LogP contribution in [0.5, 0.6) is 17.2 Å². The van der Waals surface area contributed by atoms with Gasteiger partial charge in [-0.25, -0.2) is 4.79 Å². The summed E-state index contributed by atoms with van der Waals surface area (Å²) in [5.74, 6) is -2.36. The van der Waals surface area contributed by atoms with Crippen LogP contribution in [0.15, 0.2) is 12.1 Å². The number of hydrogen-bond acceptors (Lipinski definition) is 10. The zero-order valence-electron chi connectivity index (χ0n) is 12.6. The van der Waals surface area contributed by atoms with E-state index >= 15 is 0 Å². The van der Waals surface area contributed by atoms with Gasteiger partial charge in [0.2, 0.25) is 12.0 Å². The summed E-state index contributed by atoms with van der Waals surface area (Å²) in [6.07, 6.45) is -7.95. The fourth-order valence-electron chi connectivity index (χ4n) is 2.26. The van der Waals surface area contributed by atoms with Crippen molar-refractivity contribution in [3.8, 4) is 17.2 Å². The van der Waals surface area contributed by atoms with Gasteiger partial charge in [-0.05, 0) is 12.1 Å². The molecule has 0 aliphatic carbocycles. The van der Waals surface area contributed by atoms with Crippen LogP contribution < -0.4 is 4.74 Å². The van der Waals surface area contributed by atoms with Crippen molar-refractivity contribution < 1.29 is 49.6 Å². The van der Waals surface area contributed by atoms with E-state index in [1.165, 1.54) is 7.11 Å². The first-order chi connectivity index (χ1) is 11.3. The first-order valence-corrected chi connectivity index (χ1v) is 6.91. The van der Waals surface area contributed by atoms with Crippen LogP contribution in [-0.4, -0.2) is 81.0 Å². The lowest BCUT2D eigenvalue weighted by Gasteiger charge is -2.39. The Morgan fingerprint density at radius 3 is 2.21 bits per heavy atom. The quantitative estimate of drug-likeness (QED) is 0.338. The number of aliphatic hydroxyl groups excluding tert-OH is 4. The highest BCUT2D eigenvalue weighted by Crippen LogP contribution is 2.37. The first kappa shape index (κ1) is 18.2. The molecule has 1 aliphatic rings. The zero-order valence-corrected chi connectivity index (χ0v) is 12.6. The summed E-state index contributed by atoms with van der Waals surface area (Å²) in [5, 5.41) is 57.4. The van der Waals surface area contributed by atoms with Crippen molar-refractivity contribution >= 4 is 5.97 Å². The fourth-order valence-corrected chi connectivity index (χ4v) is 2.26. The average molecular weight is 346 g/mol. The Morgan fingerprint density at radius 2 is 1.71 bits per heavy atom. The normalized spacial score (nSPS) is 30.0. The zero-order chi connectivity index (χ0) is 18.0. The van der Waals surface area contributed by atoms with E-state index in [-0.39, 0.29) is 11.3 Å². The predicted molar refractivity (Wildman–Crippen MR) is 75.5 cm³/mol. The minimum absolute atomic E-state index is 0.237. The molecule has 10 nitrogen and oxygen atoms in total. The summed E-state index contributed by atoms with van der Waals surface area (Å²) in [7, 11) is 1.21. The highest BCUT2D eigenvalue weighted by atomic mass is 16.7. The van der Waals surface area contributed by atoms with Crippen molar-refractivity contribution in [2.24, 2.45) is 0 Å². The van der Waals surface area contributed by atoms with Crippen molar-refractivity contribution in [2.45, 2.75) is 30.7 Å². The van der Waals surface area contributed by atoms with Crippen LogP contribution in [0.1, 0.15) is 10.4 Å².